The summed E-state index contributed by atoms with van der Waals surface area (Å²) in [5.41, 5.74) is 4.23. The highest BCUT2D eigenvalue weighted by molar-refractivity contribution is 8.13. The van der Waals surface area contributed by atoms with Crippen LogP contribution in [-0.4, -0.2) is 42.1 Å². The molecule has 2 aromatic carbocycles. The molecule has 0 aromatic heterocycles. The summed E-state index contributed by atoms with van der Waals surface area (Å²) in [6, 6.07) is 12.2. The minimum atomic E-state index is -3.09. The van der Waals surface area contributed by atoms with Gasteiger partial charge in [0.05, 0.1) is 28.5 Å². The molecule has 4 rings (SSSR count). The summed E-state index contributed by atoms with van der Waals surface area (Å²) in [6.45, 7) is 4.06. The topological polar surface area (TPSA) is 92.9 Å². The van der Waals surface area contributed by atoms with Crippen molar-refractivity contribution in [2.75, 3.05) is 16.4 Å². The second-order valence-corrected chi connectivity index (χ2v) is 10.6. The lowest BCUT2D eigenvalue weighted by Crippen LogP contribution is -2.39. The molecule has 2 aromatic rings. The first-order valence-electron chi connectivity index (χ1n) is 9.24. The normalized spacial score (nSPS) is 22.4. The highest BCUT2D eigenvalue weighted by Crippen LogP contribution is 2.37. The van der Waals surface area contributed by atoms with Crippen LogP contribution in [0.3, 0.4) is 0 Å². The molecule has 9 heteroatoms. The lowest BCUT2D eigenvalue weighted by Gasteiger charge is -2.28. The Morgan fingerprint density at radius 2 is 1.90 bits per heavy atom. The van der Waals surface area contributed by atoms with Crippen molar-refractivity contribution in [1.82, 2.24) is 0 Å². The summed E-state index contributed by atoms with van der Waals surface area (Å²) in [6.07, 6.45) is 0. The predicted octanol–water partition coefficient (Wildman–Crippen LogP) is 3.49. The van der Waals surface area contributed by atoms with Crippen molar-refractivity contribution < 1.29 is 13.3 Å². The number of non-ortho nitro benzene ring substituents is 1. The molecule has 0 N–H and O–H groups in total. The summed E-state index contributed by atoms with van der Waals surface area (Å²) >= 11 is 1.54. The van der Waals surface area contributed by atoms with E-state index >= 15 is 0 Å². The number of nitro benzene ring substituents is 1. The predicted molar refractivity (Wildman–Crippen MR) is 116 cm³/mol. The van der Waals surface area contributed by atoms with Crippen LogP contribution < -0.4 is 4.90 Å². The molecule has 2 aliphatic rings. The summed E-state index contributed by atoms with van der Waals surface area (Å²) in [5.74, 6) is 0.793. The first kappa shape index (κ1) is 19.9. The molecule has 0 radical (unpaired) electrons. The zero-order chi connectivity index (χ0) is 20.8. The van der Waals surface area contributed by atoms with Gasteiger partial charge in [-0.2, -0.15) is 0 Å². The standard InChI is InChI=1S/C20H21N3O4S2/c1-13-3-8-18(14(2)9-13)22-19-12-29(26,27)11-17(19)21-20(22)28-10-15-4-6-16(7-5-15)23(24)25/h3-9,17,19H,10-12H2,1-2H3/t17-,19-/m1/s1. The van der Waals surface area contributed by atoms with Crippen LogP contribution >= 0.6 is 11.8 Å². The third-order valence-corrected chi connectivity index (χ3v) is 7.97. The number of nitrogens with zero attached hydrogens (tertiary/aromatic N) is 3. The Kier molecular flexibility index (Phi) is 5.12. The van der Waals surface area contributed by atoms with Crippen molar-refractivity contribution in [1.29, 1.82) is 0 Å². The maximum absolute atomic E-state index is 12.2. The van der Waals surface area contributed by atoms with Crippen molar-refractivity contribution in [2.24, 2.45) is 4.99 Å². The average molecular weight is 432 g/mol. The van der Waals surface area contributed by atoms with Crippen LogP contribution in [-0.2, 0) is 15.6 Å². The van der Waals surface area contributed by atoms with Gasteiger partial charge in [0.15, 0.2) is 15.0 Å². The molecular weight excluding hydrogens is 410 g/mol. The van der Waals surface area contributed by atoms with E-state index in [1.807, 2.05) is 26.0 Å². The molecule has 0 bridgehead atoms. The fourth-order valence-electron chi connectivity index (χ4n) is 3.85. The molecule has 0 spiro atoms. The fraction of sp³-hybridized carbons (Fsp3) is 0.350. The van der Waals surface area contributed by atoms with Gasteiger partial charge in [-0.25, -0.2) is 8.42 Å². The average Bonchev–Trinajstić information content (AvgIpc) is 3.12. The van der Waals surface area contributed by atoms with Gasteiger partial charge in [-0.1, -0.05) is 41.6 Å². The lowest BCUT2D eigenvalue weighted by atomic mass is 10.1. The quantitative estimate of drug-likeness (QED) is 0.543. The second-order valence-electron chi connectivity index (χ2n) is 7.50. The molecule has 2 heterocycles. The Morgan fingerprint density at radius 1 is 1.17 bits per heavy atom. The summed E-state index contributed by atoms with van der Waals surface area (Å²) in [5, 5.41) is 11.6. The van der Waals surface area contributed by atoms with Gasteiger partial charge in [0.25, 0.3) is 5.69 Å². The van der Waals surface area contributed by atoms with Crippen molar-refractivity contribution in [2.45, 2.75) is 31.7 Å². The summed E-state index contributed by atoms with van der Waals surface area (Å²) in [4.78, 5) is 17.2. The van der Waals surface area contributed by atoms with Crippen LogP contribution in [0.2, 0.25) is 0 Å². The SMILES string of the molecule is Cc1ccc(N2C(SCc3ccc([N+](=O)[O-])cc3)=N[C@@H]3CS(=O)(=O)C[C@H]32)c(C)c1. The first-order valence-corrected chi connectivity index (χ1v) is 12.0. The molecule has 2 atom stereocenters. The molecule has 2 aliphatic heterocycles. The molecule has 1 saturated heterocycles. The Morgan fingerprint density at radius 3 is 2.55 bits per heavy atom. The van der Waals surface area contributed by atoms with Gasteiger partial charge in [0.1, 0.15) is 0 Å². The molecular formula is C20H21N3O4S2. The van der Waals surface area contributed by atoms with Crippen LogP contribution in [0.25, 0.3) is 0 Å². The van der Waals surface area contributed by atoms with Gasteiger partial charge in [-0.05, 0) is 31.0 Å². The molecule has 29 heavy (non-hydrogen) atoms. The number of fused-ring (bicyclic) bond motifs is 1. The Hall–Kier alpha value is -2.39. The van der Waals surface area contributed by atoms with Crippen molar-refractivity contribution in [3.8, 4) is 0 Å². The number of hydrogen-bond acceptors (Lipinski definition) is 7. The Balaban J connectivity index is 1.60. The van der Waals surface area contributed by atoms with Crippen LogP contribution in [0.5, 0.6) is 0 Å². The van der Waals surface area contributed by atoms with E-state index in [4.69, 9.17) is 4.99 Å². The van der Waals surface area contributed by atoms with Gasteiger partial charge in [-0.15, -0.1) is 0 Å². The van der Waals surface area contributed by atoms with Gasteiger partial charge >= 0.3 is 0 Å². The van der Waals surface area contributed by atoms with E-state index in [1.54, 1.807) is 12.1 Å². The number of anilines is 1. The van der Waals surface area contributed by atoms with E-state index in [-0.39, 0.29) is 29.3 Å². The van der Waals surface area contributed by atoms with E-state index in [0.29, 0.717) is 5.75 Å². The molecule has 7 nitrogen and oxygen atoms in total. The number of benzene rings is 2. The van der Waals surface area contributed by atoms with E-state index in [2.05, 4.69) is 11.0 Å². The molecule has 0 amide bonds. The summed E-state index contributed by atoms with van der Waals surface area (Å²) < 4.78 is 24.4. The highest BCUT2D eigenvalue weighted by atomic mass is 32.2. The Labute approximate surface area is 173 Å². The van der Waals surface area contributed by atoms with Crippen molar-refractivity contribution >= 4 is 38.1 Å². The van der Waals surface area contributed by atoms with E-state index in [0.717, 1.165) is 27.5 Å². The van der Waals surface area contributed by atoms with E-state index < -0.39 is 14.8 Å². The Bertz CT molecular complexity index is 1100. The monoisotopic (exact) mass is 431 g/mol. The van der Waals surface area contributed by atoms with E-state index in [1.165, 1.54) is 23.9 Å². The smallest absolute Gasteiger partial charge is 0.269 e. The van der Waals surface area contributed by atoms with Gasteiger partial charge in [0, 0.05) is 23.6 Å². The summed E-state index contributed by atoms with van der Waals surface area (Å²) in [7, 11) is -3.09. The van der Waals surface area contributed by atoms with Crippen LogP contribution in [0, 0.1) is 24.0 Å². The zero-order valence-corrected chi connectivity index (χ0v) is 17.7. The van der Waals surface area contributed by atoms with Gasteiger partial charge in [0.2, 0.25) is 0 Å². The first-order chi connectivity index (χ1) is 13.7. The number of nitro groups is 1. The molecule has 1 fully saturated rings. The minimum absolute atomic E-state index is 0.0635. The molecule has 0 unspecified atom stereocenters. The maximum atomic E-state index is 12.2. The van der Waals surface area contributed by atoms with E-state index in [9.17, 15) is 18.5 Å². The second kappa shape index (κ2) is 7.46. The maximum Gasteiger partial charge on any atom is 0.269 e. The fourth-order valence-corrected chi connectivity index (χ4v) is 6.77. The number of sulfone groups is 1. The van der Waals surface area contributed by atoms with Crippen LogP contribution in [0.15, 0.2) is 47.5 Å². The number of thioether (sulfide) groups is 1. The third-order valence-electron chi connectivity index (χ3n) is 5.23. The largest absolute Gasteiger partial charge is 0.315 e. The molecule has 0 aliphatic carbocycles. The third kappa shape index (κ3) is 4.02. The van der Waals surface area contributed by atoms with Gasteiger partial charge < -0.3 is 4.90 Å². The number of aryl methyl sites for hydroxylation is 2. The van der Waals surface area contributed by atoms with Crippen LogP contribution in [0.1, 0.15) is 16.7 Å². The van der Waals surface area contributed by atoms with Crippen molar-refractivity contribution in [3.05, 3.63) is 69.3 Å². The molecule has 152 valence electrons. The van der Waals surface area contributed by atoms with Crippen molar-refractivity contribution in [3.63, 3.8) is 0 Å². The minimum Gasteiger partial charge on any atom is -0.315 e. The van der Waals surface area contributed by atoms with Crippen LogP contribution in [0.4, 0.5) is 11.4 Å². The van der Waals surface area contributed by atoms with Gasteiger partial charge in [-0.3, -0.25) is 15.1 Å². The number of aliphatic imine (C=N–C) groups is 1. The number of amidine groups is 1. The lowest BCUT2D eigenvalue weighted by molar-refractivity contribution is -0.384. The number of hydrogen-bond donors (Lipinski definition) is 0. The number of rotatable bonds is 4. The highest BCUT2D eigenvalue weighted by Gasteiger charge is 2.47. The zero-order valence-electron chi connectivity index (χ0n) is 16.1. The molecule has 0 saturated carbocycles.